The summed E-state index contributed by atoms with van der Waals surface area (Å²) in [6, 6.07) is 15.5. The molecular formula is C21H16ClN3O3S. The van der Waals surface area contributed by atoms with Gasteiger partial charge in [-0.1, -0.05) is 29.8 Å². The molecule has 6 nitrogen and oxygen atoms in total. The molecule has 0 spiro atoms. The number of thiophene rings is 1. The maximum Gasteiger partial charge on any atom is 0.336 e. The molecule has 0 aliphatic carbocycles. The van der Waals surface area contributed by atoms with Crippen LogP contribution in [0.2, 0.25) is 5.02 Å². The van der Waals surface area contributed by atoms with E-state index in [0.29, 0.717) is 26.6 Å². The van der Waals surface area contributed by atoms with Crippen LogP contribution >= 0.6 is 22.9 Å². The van der Waals surface area contributed by atoms with Crippen LogP contribution < -0.4 is 16.6 Å². The highest BCUT2D eigenvalue weighted by atomic mass is 35.5. The number of anilines is 1. The Labute approximate surface area is 174 Å². The second-order valence-electron chi connectivity index (χ2n) is 6.49. The van der Waals surface area contributed by atoms with Crippen molar-refractivity contribution in [2.75, 3.05) is 5.32 Å². The van der Waals surface area contributed by atoms with E-state index in [2.05, 4.69) is 5.32 Å². The molecule has 0 fully saturated rings. The normalized spacial score (nSPS) is 11.0. The number of halogens is 1. The third kappa shape index (κ3) is 3.62. The number of hydrogen-bond acceptors (Lipinski definition) is 4. The van der Waals surface area contributed by atoms with E-state index < -0.39 is 5.69 Å². The molecular weight excluding hydrogens is 410 g/mol. The molecule has 0 aliphatic heterocycles. The number of aromatic nitrogens is 2. The second kappa shape index (κ2) is 7.69. The third-order valence-corrected chi connectivity index (χ3v) is 5.68. The lowest BCUT2D eigenvalue weighted by Gasteiger charge is -2.13. The molecule has 0 aliphatic rings. The van der Waals surface area contributed by atoms with E-state index in [-0.39, 0.29) is 18.0 Å². The van der Waals surface area contributed by atoms with Gasteiger partial charge in [-0.2, -0.15) is 0 Å². The largest absolute Gasteiger partial charge is 0.336 e. The highest BCUT2D eigenvalue weighted by molar-refractivity contribution is 7.17. The van der Waals surface area contributed by atoms with Crippen molar-refractivity contribution in [3.05, 3.63) is 91.4 Å². The van der Waals surface area contributed by atoms with Crippen molar-refractivity contribution in [3.63, 3.8) is 0 Å². The van der Waals surface area contributed by atoms with Crippen molar-refractivity contribution in [2.45, 2.75) is 13.5 Å². The molecule has 0 radical (unpaired) electrons. The van der Waals surface area contributed by atoms with Crippen LogP contribution in [0.25, 0.3) is 15.9 Å². The zero-order chi connectivity index (χ0) is 20.5. The number of para-hydroxylation sites is 1. The zero-order valence-electron chi connectivity index (χ0n) is 15.4. The van der Waals surface area contributed by atoms with Crippen LogP contribution in [0.15, 0.2) is 69.6 Å². The van der Waals surface area contributed by atoms with Gasteiger partial charge in [0.25, 0.3) is 5.56 Å². The first-order valence-electron chi connectivity index (χ1n) is 8.80. The average Bonchev–Trinajstić information content (AvgIpc) is 3.19. The molecule has 2 aromatic heterocycles. The van der Waals surface area contributed by atoms with Gasteiger partial charge in [0.1, 0.15) is 11.2 Å². The highest BCUT2D eigenvalue weighted by Crippen LogP contribution is 2.18. The molecule has 4 rings (SSSR count). The minimum Gasteiger partial charge on any atom is -0.325 e. The first kappa shape index (κ1) is 19.2. The predicted octanol–water partition coefficient (Wildman–Crippen LogP) is 3.81. The maximum absolute atomic E-state index is 13.2. The topological polar surface area (TPSA) is 73.1 Å². The lowest BCUT2D eigenvalue weighted by Crippen LogP contribution is -2.40. The first-order chi connectivity index (χ1) is 14.0. The number of aryl methyl sites for hydroxylation is 1. The average molecular weight is 426 g/mol. The van der Waals surface area contributed by atoms with Gasteiger partial charge in [0.15, 0.2) is 0 Å². The van der Waals surface area contributed by atoms with Crippen LogP contribution in [0.1, 0.15) is 5.56 Å². The van der Waals surface area contributed by atoms with E-state index in [4.69, 9.17) is 11.6 Å². The molecule has 1 amide bonds. The summed E-state index contributed by atoms with van der Waals surface area (Å²) in [5.74, 6) is -0.378. The zero-order valence-corrected chi connectivity index (χ0v) is 17.0. The van der Waals surface area contributed by atoms with Gasteiger partial charge in [-0.15, -0.1) is 11.3 Å². The van der Waals surface area contributed by atoms with Gasteiger partial charge in [0.05, 0.1) is 11.2 Å². The Morgan fingerprint density at radius 3 is 2.52 bits per heavy atom. The lowest BCUT2D eigenvalue weighted by molar-refractivity contribution is -0.116. The van der Waals surface area contributed by atoms with Gasteiger partial charge >= 0.3 is 5.69 Å². The summed E-state index contributed by atoms with van der Waals surface area (Å²) in [6.45, 7) is 1.61. The summed E-state index contributed by atoms with van der Waals surface area (Å²) >= 11 is 7.11. The van der Waals surface area contributed by atoms with Gasteiger partial charge in [-0.25, -0.2) is 9.36 Å². The number of benzene rings is 2. The Hall–Kier alpha value is -3.16. The minimum atomic E-state index is -0.554. The summed E-state index contributed by atoms with van der Waals surface area (Å²) in [5.41, 5.74) is 1.37. The van der Waals surface area contributed by atoms with Crippen molar-refractivity contribution in [2.24, 2.45) is 0 Å². The van der Waals surface area contributed by atoms with E-state index in [0.717, 1.165) is 10.1 Å². The summed E-state index contributed by atoms with van der Waals surface area (Å²) in [5, 5.41) is 5.04. The van der Waals surface area contributed by atoms with Crippen LogP contribution in [0.3, 0.4) is 0 Å². The molecule has 0 bridgehead atoms. The number of carbonyl (C=O) groups is 1. The molecule has 146 valence electrons. The molecule has 0 unspecified atom stereocenters. The second-order valence-corrected chi connectivity index (χ2v) is 7.84. The quantitative estimate of drug-likeness (QED) is 0.540. The van der Waals surface area contributed by atoms with Crippen LogP contribution in [-0.2, 0) is 11.3 Å². The molecule has 8 heteroatoms. The molecule has 0 atom stereocenters. The number of hydrogen-bond donors (Lipinski definition) is 1. The molecule has 29 heavy (non-hydrogen) atoms. The standard InChI is InChI=1S/C21H16ClN3O3S/c1-13-4-2-3-5-16(13)25-20(27)19-17(10-11-29-19)24(21(25)28)12-18(26)23-15-8-6-14(22)7-9-15/h2-11H,12H2,1H3,(H,23,26). The third-order valence-electron chi connectivity index (χ3n) is 4.54. The fraction of sp³-hybridized carbons (Fsp3) is 0.0952. The van der Waals surface area contributed by atoms with E-state index in [1.165, 1.54) is 15.9 Å². The first-order valence-corrected chi connectivity index (χ1v) is 10.1. The number of fused-ring (bicyclic) bond motifs is 1. The molecule has 2 heterocycles. The van der Waals surface area contributed by atoms with Crippen LogP contribution in [-0.4, -0.2) is 15.0 Å². The van der Waals surface area contributed by atoms with Crippen molar-refractivity contribution in [1.82, 2.24) is 9.13 Å². The Morgan fingerprint density at radius 1 is 1.07 bits per heavy atom. The number of nitrogens with zero attached hydrogens (tertiary/aromatic N) is 2. The van der Waals surface area contributed by atoms with Crippen LogP contribution in [0.5, 0.6) is 0 Å². The molecule has 0 saturated carbocycles. The molecule has 4 aromatic rings. The SMILES string of the molecule is Cc1ccccc1-n1c(=O)c2sccc2n(CC(=O)Nc2ccc(Cl)cc2)c1=O. The predicted molar refractivity (Wildman–Crippen MR) is 117 cm³/mol. The Kier molecular flexibility index (Phi) is 5.08. The number of nitrogens with one attached hydrogen (secondary N) is 1. The number of rotatable bonds is 4. The van der Waals surface area contributed by atoms with Crippen molar-refractivity contribution >= 4 is 44.7 Å². The van der Waals surface area contributed by atoms with E-state index >= 15 is 0 Å². The van der Waals surface area contributed by atoms with Crippen LogP contribution in [0, 0.1) is 6.92 Å². The monoisotopic (exact) mass is 425 g/mol. The summed E-state index contributed by atoms with van der Waals surface area (Å²) in [6.07, 6.45) is 0. The smallest absolute Gasteiger partial charge is 0.325 e. The Morgan fingerprint density at radius 2 is 1.79 bits per heavy atom. The van der Waals surface area contributed by atoms with Gasteiger partial charge in [-0.05, 0) is 54.3 Å². The van der Waals surface area contributed by atoms with E-state index in [1.54, 1.807) is 47.8 Å². The summed E-state index contributed by atoms with van der Waals surface area (Å²) < 4.78 is 2.88. The number of carbonyl (C=O) groups excluding carboxylic acids is 1. The van der Waals surface area contributed by atoms with Gasteiger partial charge in [0, 0.05) is 10.7 Å². The van der Waals surface area contributed by atoms with Crippen LogP contribution in [0.4, 0.5) is 5.69 Å². The summed E-state index contributed by atoms with van der Waals surface area (Å²) in [7, 11) is 0. The maximum atomic E-state index is 13.2. The number of amides is 1. The fourth-order valence-corrected chi connectivity index (χ4v) is 4.09. The van der Waals surface area contributed by atoms with Gasteiger partial charge in [0.2, 0.25) is 5.91 Å². The molecule has 2 aromatic carbocycles. The Balaban J connectivity index is 1.80. The van der Waals surface area contributed by atoms with Crippen molar-refractivity contribution in [1.29, 1.82) is 0 Å². The highest BCUT2D eigenvalue weighted by Gasteiger charge is 2.18. The van der Waals surface area contributed by atoms with E-state index in [9.17, 15) is 14.4 Å². The van der Waals surface area contributed by atoms with Gasteiger partial charge in [-0.3, -0.25) is 14.2 Å². The minimum absolute atomic E-state index is 0.221. The lowest BCUT2D eigenvalue weighted by atomic mass is 10.2. The van der Waals surface area contributed by atoms with Crippen molar-refractivity contribution in [3.8, 4) is 5.69 Å². The van der Waals surface area contributed by atoms with Crippen molar-refractivity contribution < 1.29 is 4.79 Å². The van der Waals surface area contributed by atoms with Gasteiger partial charge < -0.3 is 5.32 Å². The molecule has 1 N–H and O–H groups in total. The summed E-state index contributed by atoms with van der Waals surface area (Å²) in [4.78, 5) is 38.8. The Bertz CT molecular complexity index is 1340. The molecule has 0 saturated heterocycles. The van der Waals surface area contributed by atoms with E-state index in [1.807, 2.05) is 19.1 Å². The fourth-order valence-electron chi connectivity index (χ4n) is 3.14.